The number of carboxylic acids is 1. The lowest BCUT2D eigenvalue weighted by molar-refractivity contribution is 0.000339. The van der Waals surface area contributed by atoms with E-state index in [-0.39, 0.29) is 29.9 Å². The van der Waals surface area contributed by atoms with Crippen molar-refractivity contribution < 1.29 is 48.0 Å². The Morgan fingerprint density at radius 3 is 1.08 bits per heavy atom. The van der Waals surface area contributed by atoms with E-state index in [9.17, 15) is 19.2 Å². The van der Waals surface area contributed by atoms with Gasteiger partial charge in [-0.1, -0.05) is 95.7 Å². The van der Waals surface area contributed by atoms with Crippen LogP contribution in [0.15, 0.2) is 193 Å². The van der Waals surface area contributed by atoms with E-state index >= 15 is 0 Å². The number of halogens is 1. The molecule has 3 atom stereocenters. The highest BCUT2D eigenvalue weighted by Crippen LogP contribution is 2.62. The first-order chi connectivity index (χ1) is 71.2. The minimum atomic E-state index is -0.855. The number of hydrogen-bond donors (Lipinski definition) is 8. The zero-order valence-electron chi connectivity index (χ0n) is 89.5. The van der Waals surface area contributed by atoms with Gasteiger partial charge in [0.05, 0.1) is 63.0 Å². The summed E-state index contributed by atoms with van der Waals surface area (Å²) in [6.07, 6.45) is 55.2. The van der Waals surface area contributed by atoms with E-state index in [1.807, 2.05) is 91.9 Å². The molecule has 10 N–H and O–H groups in total. The van der Waals surface area contributed by atoms with Crippen LogP contribution in [0.3, 0.4) is 0 Å². The van der Waals surface area contributed by atoms with Gasteiger partial charge in [-0.3, -0.25) is 9.79 Å². The zero-order valence-corrected chi connectivity index (χ0v) is 91.7. The third-order valence-electron chi connectivity index (χ3n) is 36.7. The molecule has 29 rings (SSSR count). The summed E-state index contributed by atoms with van der Waals surface area (Å²) in [5.41, 5.74) is 28.4. The van der Waals surface area contributed by atoms with Crippen LogP contribution in [0.5, 0.6) is 17.2 Å². The minimum absolute atomic E-state index is 0.0188. The molecule has 21 aliphatic rings. The van der Waals surface area contributed by atoms with E-state index < -0.39 is 5.97 Å². The molecule has 8 aromatic rings. The third-order valence-corrected chi connectivity index (χ3v) is 37.4. The SMILES string of the molecule is CCCC[C@@H](Cc1cccc(OC)c1)NC(=O)c1ccc(NC23CC4CC(CC(C4)C2)C3)cc1.CCCC[C@H](N)Cc1cccc(OC)c1.CCCC[C@H]1Cc2cc(OC)ccc2C(c2ccc(NC34CC5CC(CC(C5)C3)C4)cc2)=N1.CCOC(=O)c1ccc(I)cc1.CCOC(=O)c1ccc(NC23CC4CC(CC(C4)C2)C3)cc1.NC12CC3CC(CC(C3)C1)C2.O=C(O)c1ccc(NC23CC4CC(CC(C4)C2)C3)cc1. The summed E-state index contributed by atoms with van der Waals surface area (Å²) in [6, 6.07) is 63.2. The molecule has 1 aliphatic heterocycles. The number of nitrogens with zero attached hydrogens (tertiary/aromatic N) is 1. The molecule has 20 saturated carbocycles. The number of fused-ring (bicyclic) bond motifs is 1. The van der Waals surface area contributed by atoms with Crippen LogP contribution in [0, 0.1) is 92.3 Å². The Morgan fingerprint density at radius 1 is 0.395 bits per heavy atom. The number of aromatic carboxylic acids is 1. The predicted molar refractivity (Wildman–Crippen MR) is 604 cm³/mol. The molecule has 147 heavy (non-hydrogen) atoms. The Hall–Kier alpha value is -9.44. The maximum atomic E-state index is 13.1. The van der Waals surface area contributed by atoms with Gasteiger partial charge in [-0.2, -0.15) is 0 Å². The largest absolute Gasteiger partial charge is 0.497 e. The van der Waals surface area contributed by atoms with Crippen molar-refractivity contribution >= 4 is 74.9 Å². The van der Waals surface area contributed by atoms with E-state index in [2.05, 4.69) is 149 Å². The molecule has 790 valence electrons. The van der Waals surface area contributed by atoms with Crippen molar-refractivity contribution in [3.63, 3.8) is 0 Å². The highest BCUT2D eigenvalue weighted by molar-refractivity contribution is 14.1. The first kappa shape index (κ1) is 107. The number of carbonyl (C=O) groups excluding carboxylic acids is 3. The summed E-state index contributed by atoms with van der Waals surface area (Å²) in [5.74, 6) is 15.7. The average molecular weight is 2110 g/mol. The number of anilines is 4. The topological polar surface area (TPSA) is 259 Å². The molecule has 19 heteroatoms. The van der Waals surface area contributed by atoms with E-state index in [4.69, 9.17) is 45.3 Å². The van der Waals surface area contributed by atoms with Gasteiger partial charge in [0.25, 0.3) is 5.91 Å². The van der Waals surface area contributed by atoms with Gasteiger partial charge in [0, 0.05) is 82.8 Å². The normalized spacial score (nSPS) is 30.6. The molecule has 20 fully saturated rings. The van der Waals surface area contributed by atoms with Crippen molar-refractivity contribution in [3.8, 4) is 17.2 Å². The van der Waals surface area contributed by atoms with Crippen molar-refractivity contribution in [3.05, 3.63) is 242 Å². The van der Waals surface area contributed by atoms with Gasteiger partial charge in [-0.25, -0.2) is 14.4 Å². The van der Waals surface area contributed by atoms with Gasteiger partial charge in [-0.15, -0.1) is 0 Å². The van der Waals surface area contributed by atoms with Crippen molar-refractivity contribution in [1.82, 2.24) is 5.32 Å². The lowest BCUT2D eigenvalue weighted by Gasteiger charge is -2.57. The first-order valence-corrected chi connectivity index (χ1v) is 58.5. The van der Waals surface area contributed by atoms with Crippen molar-refractivity contribution in [2.24, 2.45) is 105 Å². The van der Waals surface area contributed by atoms with Crippen LogP contribution in [-0.4, -0.2) is 115 Å². The van der Waals surface area contributed by atoms with Gasteiger partial charge in [0.15, 0.2) is 0 Å². The molecule has 1 heterocycles. The fraction of sp³-hybridized carbons (Fsp3) is 0.586. The number of ether oxygens (including phenoxy) is 5. The van der Waals surface area contributed by atoms with Crippen molar-refractivity contribution in [1.29, 1.82) is 0 Å². The Kier molecular flexibility index (Phi) is 35.7. The number of unbranched alkanes of at least 4 members (excludes halogenated alkanes) is 3. The summed E-state index contributed by atoms with van der Waals surface area (Å²) in [6.45, 7) is 11.1. The first-order valence-electron chi connectivity index (χ1n) is 57.4. The number of rotatable bonds is 32. The van der Waals surface area contributed by atoms with E-state index in [1.54, 1.807) is 52.5 Å². The third kappa shape index (κ3) is 28.1. The molecule has 20 aliphatic carbocycles. The molecule has 0 radical (unpaired) electrons. The molecule has 1 amide bonds. The molecule has 0 unspecified atom stereocenters. The van der Waals surface area contributed by atoms with Crippen LogP contribution in [0.1, 0.15) is 354 Å². The van der Waals surface area contributed by atoms with Gasteiger partial charge in [0.1, 0.15) is 17.2 Å². The number of esters is 2. The second kappa shape index (κ2) is 48.9. The second-order valence-electron chi connectivity index (χ2n) is 49.0. The molecule has 18 nitrogen and oxygen atoms in total. The lowest BCUT2D eigenvalue weighted by Crippen LogP contribution is -2.55. The quantitative estimate of drug-likeness (QED) is 0.0144. The molecule has 0 aromatic heterocycles. The van der Waals surface area contributed by atoms with Crippen LogP contribution in [0.25, 0.3) is 0 Å². The van der Waals surface area contributed by atoms with Gasteiger partial charge in [-0.05, 0) is 525 Å². The monoisotopic (exact) mass is 2110 g/mol. The number of nitrogens with one attached hydrogen (secondary N) is 5. The summed E-state index contributed by atoms with van der Waals surface area (Å²) >= 11 is 2.19. The van der Waals surface area contributed by atoms with Crippen molar-refractivity contribution in [2.75, 3.05) is 55.8 Å². The maximum absolute atomic E-state index is 13.1. The Labute approximate surface area is 892 Å². The van der Waals surface area contributed by atoms with E-state index in [0.29, 0.717) is 63.6 Å². The number of benzene rings is 8. The number of nitrogens with two attached hydrogens (primary N) is 2. The number of hydrogen-bond acceptors (Lipinski definition) is 16. The maximum Gasteiger partial charge on any atom is 0.338 e. The zero-order chi connectivity index (χ0) is 102. The number of aliphatic imine (C=N–C) groups is 1. The summed E-state index contributed by atoms with van der Waals surface area (Å²) in [5, 5.41) is 27.8. The molecule has 8 aromatic carbocycles. The number of carboxylic acid groups (broad SMARTS) is 1. The Bertz CT molecular complexity index is 5530. The highest BCUT2D eigenvalue weighted by Gasteiger charge is 2.56. The predicted octanol–water partition coefficient (Wildman–Crippen LogP) is 28.8. The number of methoxy groups -OCH3 is 3. The Balaban J connectivity index is 0.000000116. The standard InChI is InChI=1S/C30H40N2O2.C30H38N2O.C19H25NO2.C17H21NO2.C13H21NO.C10H17N.C9H9IO2/c1-3-4-7-27(16-21-6-5-8-28(17-21)34-2)31-29(33)25-9-11-26(12-10-25)32-30-18-22-13-23(19-30)15-24(14-22)20-30;1-3-4-5-26-15-24-16-27(33-2)10-11-28(24)29(31-26)23-6-8-25(9-7-23)32-30-17-20-12-21(18-30)14-22(13-20)19-30;1-2-22-18(21)16-3-5-17(6-4-16)20-19-10-13-7-14(11-19)9-15(8-13)12-19;19-16(20)14-1-3-15(4-2-14)18-17-8-11-5-12(9-17)7-13(6-11)10-17;1-3-4-7-12(14)9-11-6-5-8-13(10-11)15-2;11-10-4-7-1-8(5-10)3-9(2-7)6-10;1-2-12-9(11)7-3-5-8(10)6-4-7/h5-6,8-12,17,22-24,27,32H,3-4,7,13-16,18-20H2,1-2H3,(H,31,33);6-11,16,20-22,26,32H,3-5,12-15,17-19H2,1-2H3;3-6,13-15,20H,2,7-12H2,1H3;1-4,11-13,18H,5-10H2,(H,19,20);5-6,8,10,12H,3-4,7,9,14H2,1-2H3;7-9H,1-6,11H2;3-6H,2H2,1H3/t22?,23?,24?,27-,30?;20?,21?,22?,26-,30?;;;12-;;/m00..0../s1. The second-order valence-corrected chi connectivity index (χ2v) is 50.2. The van der Waals surface area contributed by atoms with E-state index in [1.165, 1.54) is 252 Å². The molecular weight excluding hydrogens is 1940 g/mol. The highest BCUT2D eigenvalue weighted by atomic mass is 127. The van der Waals surface area contributed by atoms with Gasteiger partial charge in [0.2, 0.25) is 0 Å². The van der Waals surface area contributed by atoms with E-state index in [0.717, 1.165) is 189 Å². The smallest absolute Gasteiger partial charge is 0.338 e. The number of amides is 1. The van der Waals surface area contributed by atoms with Crippen LogP contribution >= 0.6 is 22.6 Å². The van der Waals surface area contributed by atoms with Crippen molar-refractivity contribution in [2.45, 2.75) is 350 Å². The molecule has 0 saturated heterocycles. The Morgan fingerprint density at radius 2 is 0.728 bits per heavy atom. The summed E-state index contributed by atoms with van der Waals surface area (Å²) in [7, 11) is 5.14. The van der Waals surface area contributed by atoms with Crippen LogP contribution in [-0.2, 0) is 28.7 Å². The summed E-state index contributed by atoms with van der Waals surface area (Å²) < 4.78 is 27.1. The van der Waals surface area contributed by atoms with Crippen LogP contribution in [0.4, 0.5) is 22.7 Å². The fourth-order valence-corrected chi connectivity index (χ4v) is 32.8. The fourth-order valence-electron chi connectivity index (χ4n) is 32.5. The average Bonchev–Trinajstić information content (AvgIpc) is 0.743. The van der Waals surface area contributed by atoms with Gasteiger partial charge >= 0.3 is 17.9 Å². The van der Waals surface area contributed by atoms with Crippen LogP contribution in [0.2, 0.25) is 0 Å². The minimum Gasteiger partial charge on any atom is -0.497 e. The number of carbonyl (C=O) groups is 4. The summed E-state index contributed by atoms with van der Waals surface area (Å²) in [4.78, 5) is 52.1. The molecule has 20 bridgehead atoms. The van der Waals surface area contributed by atoms with Crippen LogP contribution < -0.4 is 52.3 Å². The lowest BCUT2D eigenvalue weighted by atomic mass is 9.53. The molecular formula is C128H171IN8O10. The molecule has 0 spiro atoms. The van der Waals surface area contributed by atoms with Gasteiger partial charge < -0.3 is 66.8 Å².